The molecule has 1 nitrogen and oxygen atoms in total. The van der Waals surface area contributed by atoms with Crippen molar-refractivity contribution in [2.45, 2.75) is 26.4 Å². The molecule has 0 aromatic rings. The van der Waals surface area contributed by atoms with E-state index in [0.29, 0.717) is 0 Å². The zero-order chi connectivity index (χ0) is 4.50. The summed E-state index contributed by atoms with van der Waals surface area (Å²) in [7, 11) is 0. The van der Waals surface area contributed by atoms with Gasteiger partial charge >= 0.3 is 0 Å². The standard InChI is InChI=1S/C4H10O.Cr.F/c1-4(2,3)5;;/h5H,1-3H3;;. The average molecular weight is 145 g/mol. The van der Waals surface area contributed by atoms with E-state index in [9.17, 15) is 0 Å². The molecule has 1 N–H and O–H groups in total. The molecular weight excluding hydrogens is 135 g/mol. The smallest absolute Gasteiger partial charge is 0.0563 e. The fourth-order valence-electron chi connectivity index (χ4n) is 0. The van der Waals surface area contributed by atoms with E-state index in [0.717, 1.165) is 0 Å². The predicted octanol–water partition coefficient (Wildman–Crippen LogP) is 1.19. The van der Waals surface area contributed by atoms with Crippen LogP contribution in [0, 0.1) is 0 Å². The number of hydrogen-bond donors (Lipinski definition) is 1. The van der Waals surface area contributed by atoms with Crippen molar-refractivity contribution in [1.29, 1.82) is 0 Å². The quantitative estimate of drug-likeness (QED) is 0.543. The zero-order valence-electron chi connectivity index (χ0n) is 4.73. The SMILES string of the molecule is CC(C)(C)O.[Cr].[F]. The van der Waals surface area contributed by atoms with Crippen LogP contribution in [0.2, 0.25) is 0 Å². The van der Waals surface area contributed by atoms with Gasteiger partial charge in [-0.2, -0.15) is 0 Å². The predicted molar refractivity (Wildman–Crippen MR) is 23.1 cm³/mol. The van der Waals surface area contributed by atoms with Crippen LogP contribution < -0.4 is 0 Å². The molecule has 0 aliphatic heterocycles. The second kappa shape index (κ2) is 4.58. The molecule has 0 heterocycles. The molecule has 0 saturated carbocycles. The van der Waals surface area contributed by atoms with E-state index < -0.39 is 5.60 Å². The van der Waals surface area contributed by atoms with E-state index in [4.69, 9.17) is 5.11 Å². The summed E-state index contributed by atoms with van der Waals surface area (Å²) in [6.45, 7) is 5.23. The molecule has 0 aromatic heterocycles. The van der Waals surface area contributed by atoms with E-state index in [1.165, 1.54) is 0 Å². The molecule has 45 valence electrons. The summed E-state index contributed by atoms with van der Waals surface area (Å²) in [4.78, 5) is 0. The molecule has 0 unspecified atom stereocenters. The van der Waals surface area contributed by atoms with Gasteiger partial charge in [0.25, 0.3) is 0 Å². The van der Waals surface area contributed by atoms with Crippen molar-refractivity contribution in [3.8, 4) is 0 Å². The Labute approximate surface area is 54.2 Å². The van der Waals surface area contributed by atoms with Crippen molar-refractivity contribution in [1.82, 2.24) is 0 Å². The van der Waals surface area contributed by atoms with Gasteiger partial charge in [0, 0.05) is 22.1 Å². The fraction of sp³-hybridized carbons (Fsp3) is 1.00. The monoisotopic (exact) mass is 145 g/mol. The minimum Gasteiger partial charge on any atom is -0.391 e. The maximum Gasteiger partial charge on any atom is 0.0563 e. The van der Waals surface area contributed by atoms with E-state index in [-0.39, 0.29) is 22.1 Å². The van der Waals surface area contributed by atoms with Crippen LogP contribution >= 0.6 is 0 Å². The molecule has 0 rings (SSSR count). The molecule has 3 heteroatoms. The first-order valence-corrected chi connectivity index (χ1v) is 1.72. The van der Waals surface area contributed by atoms with Crippen LogP contribution in [0.4, 0.5) is 4.70 Å². The van der Waals surface area contributed by atoms with Crippen LogP contribution in [0.1, 0.15) is 20.8 Å². The van der Waals surface area contributed by atoms with Gasteiger partial charge < -0.3 is 5.11 Å². The molecule has 0 aliphatic rings. The third kappa shape index (κ3) is 704. The molecule has 0 bridgehead atoms. The minimum absolute atomic E-state index is 0. The van der Waals surface area contributed by atoms with Crippen LogP contribution in [-0.2, 0) is 17.4 Å². The number of rotatable bonds is 0. The van der Waals surface area contributed by atoms with Crippen LogP contribution in [0.3, 0.4) is 0 Å². The fourth-order valence-corrected chi connectivity index (χ4v) is 0. The average Bonchev–Trinajstić information content (AvgIpc) is 0.722. The first-order valence-electron chi connectivity index (χ1n) is 1.72. The zero-order valence-corrected chi connectivity index (χ0v) is 6.01. The first-order chi connectivity index (χ1) is 2.00. The molecule has 0 fully saturated rings. The Morgan fingerprint density at radius 3 is 1.14 bits per heavy atom. The number of aliphatic hydroxyl groups is 1. The van der Waals surface area contributed by atoms with Gasteiger partial charge in [0.2, 0.25) is 0 Å². The minimum atomic E-state index is -0.500. The van der Waals surface area contributed by atoms with Crippen molar-refractivity contribution >= 4 is 0 Å². The summed E-state index contributed by atoms with van der Waals surface area (Å²) >= 11 is 0. The molecule has 0 aromatic carbocycles. The van der Waals surface area contributed by atoms with Crippen LogP contribution in [-0.4, -0.2) is 10.7 Å². The molecule has 7 heavy (non-hydrogen) atoms. The Morgan fingerprint density at radius 2 is 1.14 bits per heavy atom. The normalized spacial score (nSPS) is 8.57. The molecule has 0 spiro atoms. The van der Waals surface area contributed by atoms with Crippen LogP contribution in [0.15, 0.2) is 0 Å². The maximum absolute atomic E-state index is 8.52. The van der Waals surface area contributed by atoms with Gasteiger partial charge in [-0.05, 0) is 20.8 Å². The van der Waals surface area contributed by atoms with E-state index in [2.05, 4.69) is 0 Å². The van der Waals surface area contributed by atoms with E-state index in [1.807, 2.05) is 0 Å². The first kappa shape index (κ1) is 15.7. The maximum atomic E-state index is 8.52. The van der Waals surface area contributed by atoms with Gasteiger partial charge in [-0.15, -0.1) is 0 Å². The van der Waals surface area contributed by atoms with Crippen molar-refractivity contribution in [3.05, 3.63) is 0 Å². The Hall–Kier alpha value is 0.422. The summed E-state index contributed by atoms with van der Waals surface area (Å²) < 4.78 is 0. The third-order valence-corrected chi connectivity index (χ3v) is 0. The second-order valence-electron chi connectivity index (χ2n) is 2.17. The van der Waals surface area contributed by atoms with Gasteiger partial charge in [-0.3, -0.25) is 0 Å². The van der Waals surface area contributed by atoms with Crippen molar-refractivity contribution < 1.29 is 27.2 Å². The summed E-state index contributed by atoms with van der Waals surface area (Å²) in [6, 6.07) is 0. The van der Waals surface area contributed by atoms with Crippen molar-refractivity contribution in [2.75, 3.05) is 0 Å². The summed E-state index contributed by atoms with van der Waals surface area (Å²) in [5.41, 5.74) is -0.500. The van der Waals surface area contributed by atoms with E-state index >= 15 is 0 Å². The van der Waals surface area contributed by atoms with Crippen LogP contribution in [0.25, 0.3) is 0 Å². The Balaban J connectivity index is -0.0000000800. The Bertz CT molecular complexity index is 27.2. The Morgan fingerprint density at radius 1 is 1.14 bits per heavy atom. The number of hydrogen-bond acceptors (Lipinski definition) is 1. The van der Waals surface area contributed by atoms with Crippen LogP contribution in [0.5, 0.6) is 0 Å². The van der Waals surface area contributed by atoms with Crippen molar-refractivity contribution in [2.24, 2.45) is 0 Å². The molecule has 0 aliphatic carbocycles. The second-order valence-corrected chi connectivity index (χ2v) is 2.17. The molecule has 0 atom stereocenters. The third-order valence-electron chi connectivity index (χ3n) is 0. The van der Waals surface area contributed by atoms with Gasteiger partial charge in [-0.1, -0.05) is 0 Å². The largest absolute Gasteiger partial charge is 0.391 e. The summed E-state index contributed by atoms with van der Waals surface area (Å²) in [5, 5.41) is 8.52. The van der Waals surface area contributed by atoms with Crippen molar-refractivity contribution in [3.63, 3.8) is 0 Å². The van der Waals surface area contributed by atoms with Gasteiger partial charge in [0.1, 0.15) is 0 Å². The van der Waals surface area contributed by atoms with E-state index in [1.54, 1.807) is 20.8 Å². The molecule has 0 amide bonds. The number of halogens is 1. The molecule has 1 radical (unpaired) electrons. The Kier molecular flexibility index (Phi) is 10.2. The topological polar surface area (TPSA) is 20.2 Å². The molecule has 0 saturated heterocycles. The summed E-state index contributed by atoms with van der Waals surface area (Å²) in [5.74, 6) is 0. The van der Waals surface area contributed by atoms with Gasteiger partial charge in [0.05, 0.1) is 5.60 Å². The molecular formula is C4H10CrFO. The van der Waals surface area contributed by atoms with Gasteiger partial charge in [-0.25, -0.2) is 0 Å². The summed E-state index contributed by atoms with van der Waals surface area (Å²) in [6.07, 6.45) is 0. The van der Waals surface area contributed by atoms with Gasteiger partial charge in [0.15, 0.2) is 0 Å².